The van der Waals surface area contributed by atoms with Crippen LogP contribution in [0.3, 0.4) is 0 Å². The third kappa shape index (κ3) is 2.85. The van der Waals surface area contributed by atoms with Gasteiger partial charge in [0, 0.05) is 12.1 Å². The van der Waals surface area contributed by atoms with Gasteiger partial charge in [0.05, 0.1) is 5.75 Å². The smallest absolute Gasteiger partial charge is 0.313 e. The molecule has 5 heteroatoms. The average molecular weight is 313 g/mol. The fourth-order valence-corrected chi connectivity index (χ4v) is 3.64. The topological polar surface area (TPSA) is 57.6 Å². The Morgan fingerprint density at radius 2 is 1.77 bits per heavy atom. The lowest BCUT2D eigenvalue weighted by Crippen LogP contribution is -2.26. The van der Waals surface area contributed by atoms with Crippen molar-refractivity contribution in [3.05, 3.63) is 71.3 Å². The number of benzene rings is 2. The summed E-state index contributed by atoms with van der Waals surface area (Å²) >= 11 is 1.27. The van der Waals surface area contributed by atoms with Gasteiger partial charge in [-0.05, 0) is 17.2 Å². The van der Waals surface area contributed by atoms with Gasteiger partial charge in [-0.15, -0.1) is 11.8 Å². The Morgan fingerprint density at radius 3 is 2.50 bits per heavy atom. The minimum Gasteiger partial charge on any atom is -0.481 e. The van der Waals surface area contributed by atoms with Crippen LogP contribution in [0.1, 0.15) is 26.9 Å². The predicted molar refractivity (Wildman–Crippen MR) is 85.6 cm³/mol. The van der Waals surface area contributed by atoms with Gasteiger partial charge in [0.2, 0.25) is 0 Å². The Hall–Kier alpha value is -2.27. The molecule has 0 bridgehead atoms. The molecule has 112 valence electrons. The van der Waals surface area contributed by atoms with Gasteiger partial charge in [-0.3, -0.25) is 9.59 Å². The van der Waals surface area contributed by atoms with Gasteiger partial charge in [-0.2, -0.15) is 0 Å². The first kappa shape index (κ1) is 14.7. The molecule has 0 saturated carbocycles. The molecule has 0 saturated heterocycles. The second-order valence-electron chi connectivity index (χ2n) is 5.06. The Balaban J connectivity index is 1.90. The largest absolute Gasteiger partial charge is 0.481 e. The molecule has 0 radical (unpaired) electrons. The van der Waals surface area contributed by atoms with Crippen LogP contribution in [-0.4, -0.2) is 27.6 Å². The highest BCUT2D eigenvalue weighted by molar-refractivity contribution is 8.00. The Morgan fingerprint density at radius 1 is 1.09 bits per heavy atom. The van der Waals surface area contributed by atoms with Crippen molar-refractivity contribution >= 4 is 23.6 Å². The molecule has 1 atom stereocenters. The molecule has 2 aromatic carbocycles. The molecule has 4 nitrogen and oxygen atoms in total. The molecule has 2 aromatic rings. The minimum absolute atomic E-state index is 0.0302. The number of amides is 1. The normalized spacial score (nSPS) is 16.6. The fraction of sp³-hybridized carbons (Fsp3) is 0.176. The first-order valence-corrected chi connectivity index (χ1v) is 7.99. The summed E-state index contributed by atoms with van der Waals surface area (Å²) in [7, 11) is 0. The first-order valence-electron chi connectivity index (χ1n) is 6.94. The highest BCUT2D eigenvalue weighted by Gasteiger charge is 2.36. The van der Waals surface area contributed by atoms with E-state index in [1.807, 2.05) is 48.5 Å². The zero-order valence-corrected chi connectivity index (χ0v) is 12.6. The van der Waals surface area contributed by atoms with E-state index in [4.69, 9.17) is 5.11 Å². The van der Waals surface area contributed by atoms with Gasteiger partial charge in [-0.1, -0.05) is 48.5 Å². The van der Waals surface area contributed by atoms with Crippen molar-refractivity contribution in [1.29, 1.82) is 0 Å². The summed E-state index contributed by atoms with van der Waals surface area (Å²) in [5.41, 5.74) is 2.60. The third-order valence-electron chi connectivity index (χ3n) is 3.56. The van der Waals surface area contributed by atoms with Gasteiger partial charge in [0.1, 0.15) is 5.37 Å². The number of carbonyl (C=O) groups excluding carboxylic acids is 1. The summed E-state index contributed by atoms with van der Waals surface area (Å²) in [5.74, 6) is -0.943. The van der Waals surface area contributed by atoms with Crippen LogP contribution in [-0.2, 0) is 11.3 Å². The van der Waals surface area contributed by atoms with Crippen LogP contribution in [0.2, 0.25) is 0 Å². The number of hydrogen-bond acceptors (Lipinski definition) is 3. The lowest BCUT2D eigenvalue weighted by atomic mass is 10.1. The number of hydrogen-bond donors (Lipinski definition) is 1. The second kappa shape index (κ2) is 6.23. The highest BCUT2D eigenvalue weighted by atomic mass is 32.2. The number of thioether (sulfide) groups is 1. The number of nitrogens with zero attached hydrogens (tertiary/aromatic N) is 1. The molecule has 1 aliphatic rings. The lowest BCUT2D eigenvalue weighted by molar-refractivity contribution is -0.133. The van der Waals surface area contributed by atoms with Gasteiger partial charge in [-0.25, -0.2) is 0 Å². The van der Waals surface area contributed by atoms with Crippen LogP contribution in [0.15, 0.2) is 54.6 Å². The zero-order valence-electron chi connectivity index (χ0n) is 11.8. The molecule has 0 fully saturated rings. The van der Waals surface area contributed by atoms with E-state index >= 15 is 0 Å². The number of carbonyl (C=O) groups is 2. The fourth-order valence-electron chi connectivity index (χ4n) is 2.60. The summed E-state index contributed by atoms with van der Waals surface area (Å²) in [6, 6.07) is 17.2. The molecule has 3 rings (SSSR count). The summed E-state index contributed by atoms with van der Waals surface area (Å²) in [6.07, 6.45) is 0. The van der Waals surface area contributed by atoms with Crippen LogP contribution >= 0.6 is 11.8 Å². The highest BCUT2D eigenvalue weighted by Crippen LogP contribution is 2.42. The summed E-state index contributed by atoms with van der Waals surface area (Å²) in [4.78, 5) is 25.3. The molecule has 1 aliphatic heterocycles. The van der Waals surface area contributed by atoms with Crippen LogP contribution in [0.4, 0.5) is 0 Å². The number of fused-ring (bicyclic) bond motifs is 1. The molecule has 22 heavy (non-hydrogen) atoms. The minimum atomic E-state index is -0.874. The Kier molecular flexibility index (Phi) is 4.15. The molecule has 0 spiro atoms. The van der Waals surface area contributed by atoms with E-state index in [0.717, 1.165) is 11.1 Å². The maximum Gasteiger partial charge on any atom is 0.313 e. The van der Waals surface area contributed by atoms with Crippen molar-refractivity contribution in [3.63, 3.8) is 0 Å². The molecule has 1 N–H and O–H groups in total. The molecule has 0 aromatic heterocycles. The van der Waals surface area contributed by atoms with Crippen molar-refractivity contribution in [3.8, 4) is 0 Å². The van der Waals surface area contributed by atoms with E-state index in [2.05, 4.69) is 0 Å². The van der Waals surface area contributed by atoms with Crippen molar-refractivity contribution < 1.29 is 14.7 Å². The first-order chi connectivity index (χ1) is 10.7. The molecule has 0 aliphatic carbocycles. The van der Waals surface area contributed by atoms with Gasteiger partial charge in [0.25, 0.3) is 5.91 Å². The molecular weight excluding hydrogens is 298 g/mol. The standard InChI is InChI=1S/C17H15NO3S/c19-15(20)11-22-17-14-9-5-4-8-13(14)16(21)18(17)10-12-6-2-1-3-7-12/h1-9,17H,10-11H2,(H,19,20)/t17-/m1/s1. The van der Waals surface area contributed by atoms with Crippen molar-refractivity contribution in [2.45, 2.75) is 11.9 Å². The number of carboxylic acid groups (broad SMARTS) is 1. The zero-order chi connectivity index (χ0) is 15.5. The van der Waals surface area contributed by atoms with Crippen LogP contribution in [0.25, 0.3) is 0 Å². The van der Waals surface area contributed by atoms with E-state index < -0.39 is 5.97 Å². The summed E-state index contributed by atoms with van der Waals surface area (Å²) < 4.78 is 0. The van der Waals surface area contributed by atoms with E-state index in [-0.39, 0.29) is 17.0 Å². The third-order valence-corrected chi connectivity index (χ3v) is 4.80. The van der Waals surface area contributed by atoms with Gasteiger partial charge in [0.15, 0.2) is 0 Å². The van der Waals surface area contributed by atoms with E-state index in [9.17, 15) is 9.59 Å². The predicted octanol–water partition coefficient (Wildman–Crippen LogP) is 3.16. The van der Waals surface area contributed by atoms with E-state index in [0.29, 0.717) is 12.1 Å². The SMILES string of the molecule is O=C(O)CS[C@@H]1c2ccccc2C(=O)N1Cc1ccccc1. The average Bonchev–Trinajstić information content (AvgIpc) is 2.79. The maximum atomic E-state index is 12.6. The molecule has 0 unspecified atom stereocenters. The Labute approximate surface area is 132 Å². The van der Waals surface area contributed by atoms with Gasteiger partial charge < -0.3 is 10.0 Å². The lowest BCUT2D eigenvalue weighted by Gasteiger charge is -2.24. The number of rotatable bonds is 5. The monoisotopic (exact) mass is 313 g/mol. The quantitative estimate of drug-likeness (QED) is 0.921. The summed E-state index contributed by atoms with van der Waals surface area (Å²) in [6.45, 7) is 0.478. The van der Waals surface area contributed by atoms with Crippen LogP contribution in [0, 0.1) is 0 Å². The van der Waals surface area contributed by atoms with E-state index in [1.165, 1.54) is 11.8 Å². The van der Waals surface area contributed by atoms with Crippen molar-refractivity contribution in [1.82, 2.24) is 4.90 Å². The van der Waals surface area contributed by atoms with Gasteiger partial charge >= 0.3 is 5.97 Å². The second-order valence-corrected chi connectivity index (χ2v) is 6.13. The van der Waals surface area contributed by atoms with E-state index in [1.54, 1.807) is 11.0 Å². The van der Waals surface area contributed by atoms with Crippen molar-refractivity contribution in [2.75, 3.05) is 5.75 Å². The number of carboxylic acids is 1. The van der Waals surface area contributed by atoms with Crippen molar-refractivity contribution in [2.24, 2.45) is 0 Å². The molecular formula is C17H15NO3S. The summed E-state index contributed by atoms with van der Waals surface area (Å²) in [5, 5.41) is 8.69. The van der Waals surface area contributed by atoms with Crippen LogP contribution < -0.4 is 0 Å². The molecule has 1 amide bonds. The van der Waals surface area contributed by atoms with Crippen LogP contribution in [0.5, 0.6) is 0 Å². The maximum absolute atomic E-state index is 12.6. The molecule has 1 heterocycles. The Bertz CT molecular complexity index is 702. The number of aliphatic carboxylic acids is 1.